The van der Waals surface area contributed by atoms with E-state index < -0.39 is 11.0 Å². The van der Waals surface area contributed by atoms with Crippen molar-refractivity contribution in [2.75, 3.05) is 7.11 Å². The molecular formula is C17H18Cl2N4O2. The van der Waals surface area contributed by atoms with Crippen LogP contribution in [0, 0.1) is 17.3 Å². The third-order valence-corrected chi connectivity index (χ3v) is 4.48. The monoisotopic (exact) mass is 380 g/mol. The van der Waals surface area contributed by atoms with Crippen LogP contribution in [-0.4, -0.2) is 38.8 Å². The zero-order valence-electron chi connectivity index (χ0n) is 14.1. The number of aromatic nitrogens is 3. The van der Waals surface area contributed by atoms with E-state index in [1.807, 2.05) is 0 Å². The molecule has 0 saturated carbocycles. The van der Waals surface area contributed by atoms with Gasteiger partial charge in [0, 0.05) is 11.0 Å². The quantitative estimate of drug-likeness (QED) is 0.491. The van der Waals surface area contributed by atoms with Crippen molar-refractivity contribution < 1.29 is 9.94 Å². The van der Waals surface area contributed by atoms with Crippen molar-refractivity contribution in [2.45, 2.75) is 26.0 Å². The number of aliphatic hydroxyl groups is 1. The van der Waals surface area contributed by atoms with Gasteiger partial charge in [-0.3, -0.25) is 0 Å². The van der Waals surface area contributed by atoms with Crippen LogP contribution in [0.4, 0.5) is 0 Å². The number of hydrogen-bond donors (Lipinski definition) is 1. The van der Waals surface area contributed by atoms with Crippen LogP contribution in [0.2, 0.25) is 10.0 Å². The van der Waals surface area contributed by atoms with Crippen molar-refractivity contribution in [1.29, 1.82) is 0 Å². The molecule has 0 amide bonds. The van der Waals surface area contributed by atoms with Crippen molar-refractivity contribution in [3.05, 3.63) is 46.5 Å². The highest BCUT2D eigenvalue weighted by atomic mass is 35.5. The molecule has 0 aliphatic heterocycles. The van der Waals surface area contributed by atoms with Crippen molar-refractivity contribution in [3.63, 3.8) is 0 Å². The highest BCUT2D eigenvalue weighted by Gasteiger charge is 2.42. The fraction of sp³-hybridized carbons (Fsp3) is 0.353. The molecule has 1 N–H and O–H groups in total. The fourth-order valence-corrected chi connectivity index (χ4v) is 2.29. The summed E-state index contributed by atoms with van der Waals surface area (Å²) in [5, 5.41) is 19.9. The normalized spacial score (nSPS) is 14.0. The summed E-state index contributed by atoms with van der Waals surface area (Å²) in [6, 6.07) is 5.03. The number of oxime groups is 1. The molecule has 0 aliphatic rings. The predicted molar refractivity (Wildman–Crippen MR) is 97.6 cm³/mol. The Hall–Kier alpha value is -2.07. The second-order valence-electron chi connectivity index (χ2n) is 5.97. The first-order chi connectivity index (χ1) is 11.8. The van der Waals surface area contributed by atoms with Crippen LogP contribution in [0.5, 0.6) is 0 Å². The fourth-order valence-electron chi connectivity index (χ4n) is 1.99. The van der Waals surface area contributed by atoms with E-state index in [0.29, 0.717) is 15.6 Å². The van der Waals surface area contributed by atoms with Gasteiger partial charge in [0.25, 0.3) is 0 Å². The highest BCUT2D eigenvalue weighted by molar-refractivity contribution is 6.42. The maximum Gasteiger partial charge on any atom is 0.155 e. The molecule has 1 aromatic carbocycles. The van der Waals surface area contributed by atoms with E-state index in [-0.39, 0.29) is 6.54 Å². The second-order valence-corrected chi connectivity index (χ2v) is 6.79. The number of halogens is 2. The molecule has 2 aromatic rings. The van der Waals surface area contributed by atoms with E-state index in [1.54, 1.807) is 32.0 Å². The third-order valence-electron chi connectivity index (χ3n) is 3.74. The smallest absolute Gasteiger partial charge is 0.155 e. The van der Waals surface area contributed by atoms with Crippen LogP contribution >= 0.6 is 23.2 Å². The molecule has 0 aliphatic carbocycles. The number of benzene rings is 1. The SMILES string of the molecule is CON=CC(C)(C)C(O)(C#Cc1ccc(Cl)c(Cl)c1)Cn1cncn1. The molecule has 6 nitrogen and oxygen atoms in total. The molecular weight excluding hydrogens is 363 g/mol. The van der Waals surface area contributed by atoms with Gasteiger partial charge in [-0.15, -0.1) is 0 Å². The van der Waals surface area contributed by atoms with Crippen LogP contribution < -0.4 is 0 Å². The van der Waals surface area contributed by atoms with Gasteiger partial charge in [0.2, 0.25) is 0 Å². The number of hydrogen-bond acceptors (Lipinski definition) is 5. The van der Waals surface area contributed by atoms with Crippen LogP contribution in [0.3, 0.4) is 0 Å². The van der Waals surface area contributed by atoms with E-state index in [9.17, 15) is 5.11 Å². The summed E-state index contributed by atoms with van der Waals surface area (Å²) in [5.74, 6) is 5.86. The maximum atomic E-state index is 11.3. The lowest BCUT2D eigenvalue weighted by Gasteiger charge is -2.35. The average Bonchev–Trinajstić information content (AvgIpc) is 3.06. The zero-order chi connectivity index (χ0) is 18.5. The Morgan fingerprint density at radius 3 is 2.72 bits per heavy atom. The van der Waals surface area contributed by atoms with E-state index in [1.165, 1.54) is 30.7 Å². The minimum Gasteiger partial charge on any atom is -0.399 e. The van der Waals surface area contributed by atoms with Gasteiger partial charge >= 0.3 is 0 Å². The van der Waals surface area contributed by atoms with Gasteiger partial charge < -0.3 is 9.94 Å². The summed E-state index contributed by atoms with van der Waals surface area (Å²) < 4.78 is 1.51. The second kappa shape index (κ2) is 7.87. The van der Waals surface area contributed by atoms with Gasteiger partial charge in [-0.1, -0.05) is 54.0 Å². The first-order valence-corrected chi connectivity index (χ1v) is 8.14. The van der Waals surface area contributed by atoms with Crippen molar-refractivity contribution in [1.82, 2.24) is 14.8 Å². The summed E-state index contributed by atoms with van der Waals surface area (Å²) in [6.07, 6.45) is 4.41. The van der Waals surface area contributed by atoms with Gasteiger partial charge in [0.1, 0.15) is 19.8 Å². The number of nitrogens with zero attached hydrogens (tertiary/aromatic N) is 4. The Balaban J connectivity index is 2.42. The van der Waals surface area contributed by atoms with Crippen LogP contribution in [-0.2, 0) is 11.4 Å². The summed E-state index contributed by atoms with van der Waals surface area (Å²) in [4.78, 5) is 8.64. The molecule has 1 atom stereocenters. The topological polar surface area (TPSA) is 72.5 Å². The summed E-state index contributed by atoms with van der Waals surface area (Å²) in [6.45, 7) is 3.70. The Morgan fingerprint density at radius 1 is 1.36 bits per heavy atom. The molecule has 1 unspecified atom stereocenters. The molecule has 2 rings (SSSR count). The predicted octanol–water partition coefficient (Wildman–Crippen LogP) is 3.03. The molecule has 0 saturated heterocycles. The lowest BCUT2D eigenvalue weighted by atomic mass is 9.76. The minimum absolute atomic E-state index is 0.101. The molecule has 25 heavy (non-hydrogen) atoms. The molecule has 1 aromatic heterocycles. The minimum atomic E-state index is -1.49. The van der Waals surface area contributed by atoms with E-state index in [2.05, 4.69) is 27.1 Å². The van der Waals surface area contributed by atoms with Crippen molar-refractivity contribution >= 4 is 29.4 Å². The average molecular weight is 381 g/mol. The van der Waals surface area contributed by atoms with E-state index in [0.717, 1.165) is 0 Å². The summed E-state index contributed by atoms with van der Waals surface area (Å²) >= 11 is 11.9. The molecule has 132 valence electrons. The van der Waals surface area contributed by atoms with E-state index in [4.69, 9.17) is 28.0 Å². The molecule has 0 radical (unpaired) electrons. The largest absolute Gasteiger partial charge is 0.399 e. The molecule has 0 bridgehead atoms. The third kappa shape index (κ3) is 4.73. The molecule has 8 heteroatoms. The van der Waals surface area contributed by atoms with Gasteiger partial charge in [-0.25, -0.2) is 9.67 Å². The van der Waals surface area contributed by atoms with Crippen LogP contribution in [0.1, 0.15) is 19.4 Å². The zero-order valence-corrected chi connectivity index (χ0v) is 15.6. The van der Waals surface area contributed by atoms with Gasteiger partial charge in [-0.2, -0.15) is 5.10 Å². The Morgan fingerprint density at radius 2 is 2.12 bits per heavy atom. The Kier molecular flexibility index (Phi) is 6.07. The van der Waals surface area contributed by atoms with Gasteiger partial charge in [-0.05, 0) is 18.2 Å². The molecule has 0 spiro atoms. The van der Waals surface area contributed by atoms with Crippen LogP contribution in [0.25, 0.3) is 0 Å². The maximum absolute atomic E-state index is 11.3. The van der Waals surface area contributed by atoms with Crippen molar-refractivity contribution in [2.24, 2.45) is 10.6 Å². The lowest BCUT2D eigenvalue weighted by molar-refractivity contribution is 0.00538. The van der Waals surface area contributed by atoms with Crippen molar-refractivity contribution in [3.8, 4) is 11.8 Å². The summed E-state index contributed by atoms with van der Waals surface area (Å²) in [7, 11) is 1.43. The first-order valence-electron chi connectivity index (χ1n) is 7.38. The van der Waals surface area contributed by atoms with Gasteiger partial charge in [0.15, 0.2) is 5.60 Å². The lowest BCUT2D eigenvalue weighted by Crippen LogP contribution is -2.48. The Labute approximate surface area is 156 Å². The highest BCUT2D eigenvalue weighted by Crippen LogP contribution is 2.31. The van der Waals surface area contributed by atoms with E-state index >= 15 is 0 Å². The molecule has 0 fully saturated rings. The Bertz CT molecular complexity index is 810. The summed E-state index contributed by atoms with van der Waals surface area (Å²) in [5.41, 5.74) is -1.70. The standard InChI is InChI=1S/C17H18Cl2N4O2/c1-16(2,9-22-25-3)17(24,10-23-12-20-11-21-23)7-6-13-4-5-14(18)15(19)8-13/h4-5,8-9,11-12,24H,10H2,1-3H3. The van der Waals surface area contributed by atoms with Crippen LogP contribution in [0.15, 0.2) is 36.0 Å². The number of rotatable bonds is 5. The first kappa shape index (κ1) is 19.3. The molecule has 1 heterocycles. The van der Waals surface area contributed by atoms with Gasteiger partial charge in [0.05, 0.1) is 22.8 Å².